The number of aryl methyl sites for hydroxylation is 1. The largest absolute Gasteiger partial charge is 0.361 e. The lowest BCUT2D eigenvalue weighted by molar-refractivity contribution is 0.609. The molecule has 14 heavy (non-hydrogen) atoms. The van der Waals surface area contributed by atoms with E-state index >= 15 is 0 Å². The second-order valence-electron chi connectivity index (χ2n) is 3.12. The topological polar surface area (TPSA) is 49.9 Å². The fraction of sp³-hybridized carbons (Fsp3) is 0.111. The van der Waals surface area contributed by atoms with Crippen LogP contribution in [0.15, 0.2) is 29.3 Å². The first kappa shape index (κ1) is 9.55. The van der Waals surface area contributed by atoms with Gasteiger partial charge in [-0.2, -0.15) is 0 Å². The summed E-state index contributed by atoms with van der Waals surface area (Å²) in [5, 5.41) is 0.842. The summed E-state index contributed by atoms with van der Waals surface area (Å²) in [4.78, 5) is 3.17. The number of nitrogens with one attached hydrogen (secondary N) is 1. The van der Waals surface area contributed by atoms with Crippen molar-refractivity contribution in [2.24, 2.45) is 0 Å². The van der Waals surface area contributed by atoms with Crippen molar-refractivity contribution in [2.75, 3.05) is 0 Å². The van der Waals surface area contributed by atoms with Crippen LogP contribution in [0.25, 0.3) is 10.9 Å². The molecule has 0 saturated heterocycles. The summed E-state index contributed by atoms with van der Waals surface area (Å²) in [5.74, 6) is 0. The number of hydrogen-bond acceptors (Lipinski definition) is 2. The number of H-pyrrole nitrogens is 1. The highest BCUT2D eigenvalue weighted by molar-refractivity contribution is 8.13. The van der Waals surface area contributed by atoms with E-state index in [1.54, 1.807) is 31.3 Å². The maximum atomic E-state index is 11.2. The zero-order chi connectivity index (χ0) is 10.3. The highest BCUT2D eigenvalue weighted by atomic mass is 35.7. The molecule has 2 aromatic rings. The Balaban J connectivity index is 2.84. The molecule has 0 saturated carbocycles. The van der Waals surface area contributed by atoms with Crippen LogP contribution in [-0.4, -0.2) is 13.4 Å². The van der Waals surface area contributed by atoms with Gasteiger partial charge in [0.05, 0.1) is 4.90 Å². The maximum absolute atomic E-state index is 11.2. The van der Waals surface area contributed by atoms with Crippen molar-refractivity contribution >= 4 is 30.6 Å². The van der Waals surface area contributed by atoms with Gasteiger partial charge in [-0.3, -0.25) is 0 Å². The molecule has 5 heteroatoms. The molecule has 0 aliphatic rings. The molecule has 0 aliphatic heterocycles. The summed E-state index contributed by atoms with van der Waals surface area (Å²) in [6.07, 6.45) is 1.76. The number of aromatic nitrogens is 1. The van der Waals surface area contributed by atoms with Crippen LogP contribution in [0.1, 0.15) is 5.56 Å². The van der Waals surface area contributed by atoms with Crippen molar-refractivity contribution in [3.8, 4) is 0 Å². The summed E-state index contributed by atoms with van der Waals surface area (Å²) >= 11 is 0. The van der Waals surface area contributed by atoms with Gasteiger partial charge in [-0.1, -0.05) is 0 Å². The summed E-state index contributed by atoms with van der Waals surface area (Å²) in [6, 6.07) is 5.15. The molecular weight excluding hydrogens is 222 g/mol. The van der Waals surface area contributed by atoms with E-state index < -0.39 is 9.05 Å². The van der Waals surface area contributed by atoms with Gasteiger partial charge in [0, 0.05) is 27.8 Å². The molecule has 1 heterocycles. The predicted octanol–water partition coefficient (Wildman–Crippen LogP) is 2.40. The lowest BCUT2D eigenvalue weighted by Gasteiger charge is -2.01. The molecule has 0 radical (unpaired) electrons. The second kappa shape index (κ2) is 3.00. The first-order chi connectivity index (χ1) is 6.48. The highest BCUT2D eigenvalue weighted by Crippen LogP contribution is 2.24. The van der Waals surface area contributed by atoms with Crippen LogP contribution in [0.5, 0.6) is 0 Å². The molecule has 0 atom stereocenters. The molecule has 3 nitrogen and oxygen atoms in total. The van der Waals surface area contributed by atoms with Gasteiger partial charge in [0.2, 0.25) is 0 Å². The Hall–Kier alpha value is -1.00. The van der Waals surface area contributed by atoms with E-state index in [1.807, 2.05) is 0 Å². The van der Waals surface area contributed by atoms with E-state index in [9.17, 15) is 8.42 Å². The van der Waals surface area contributed by atoms with Gasteiger partial charge in [0.1, 0.15) is 0 Å². The summed E-state index contributed by atoms with van der Waals surface area (Å²) in [7, 11) is 1.65. The van der Waals surface area contributed by atoms with Gasteiger partial charge < -0.3 is 4.98 Å². The molecule has 0 amide bonds. The number of benzene rings is 1. The molecule has 0 aliphatic carbocycles. The third-order valence-corrected chi connectivity index (χ3v) is 3.58. The second-order valence-corrected chi connectivity index (χ2v) is 5.65. The summed E-state index contributed by atoms with van der Waals surface area (Å²) in [5.41, 5.74) is 1.56. The van der Waals surface area contributed by atoms with E-state index in [-0.39, 0.29) is 4.90 Å². The Morgan fingerprint density at radius 3 is 2.71 bits per heavy atom. The smallest absolute Gasteiger partial charge is 0.261 e. The molecule has 74 valence electrons. The van der Waals surface area contributed by atoms with Crippen molar-refractivity contribution in [3.05, 3.63) is 30.0 Å². The number of rotatable bonds is 1. The highest BCUT2D eigenvalue weighted by Gasteiger charge is 2.14. The summed E-state index contributed by atoms with van der Waals surface area (Å²) in [6.45, 7) is 1.72. The monoisotopic (exact) mass is 229 g/mol. The van der Waals surface area contributed by atoms with Crippen molar-refractivity contribution in [2.45, 2.75) is 11.8 Å². The fourth-order valence-corrected chi connectivity index (χ4v) is 2.66. The van der Waals surface area contributed by atoms with Gasteiger partial charge in [0.15, 0.2) is 0 Å². The number of hydrogen-bond donors (Lipinski definition) is 1. The van der Waals surface area contributed by atoms with Crippen molar-refractivity contribution in [3.63, 3.8) is 0 Å². The van der Waals surface area contributed by atoms with Crippen LogP contribution in [0.2, 0.25) is 0 Å². The minimum atomic E-state index is -3.64. The Bertz CT molecular complexity index is 586. The quantitative estimate of drug-likeness (QED) is 0.764. The molecular formula is C9H8ClNO2S. The van der Waals surface area contributed by atoms with Crippen LogP contribution in [-0.2, 0) is 9.05 Å². The normalized spacial score (nSPS) is 12.1. The lowest BCUT2D eigenvalue weighted by Crippen LogP contribution is -1.93. The molecule has 1 aromatic carbocycles. The summed E-state index contributed by atoms with van der Waals surface area (Å²) < 4.78 is 22.3. The molecule has 1 N–H and O–H groups in total. The minimum Gasteiger partial charge on any atom is -0.361 e. The van der Waals surface area contributed by atoms with E-state index in [0.717, 1.165) is 10.9 Å². The van der Waals surface area contributed by atoms with E-state index in [2.05, 4.69) is 4.98 Å². The van der Waals surface area contributed by atoms with Gasteiger partial charge in [0.25, 0.3) is 9.05 Å². The SMILES string of the molecule is Cc1cc2[nH]ccc2cc1S(=O)(=O)Cl. The zero-order valence-electron chi connectivity index (χ0n) is 7.41. The van der Waals surface area contributed by atoms with E-state index in [1.165, 1.54) is 0 Å². The fourth-order valence-electron chi connectivity index (χ4n) is 1.45. The van der Waals surface area contributed by atoms with Gasteiger partial charge >= 0.3 is 0 Å². The minimum absolute atomic E-state index is 0.172. The Labute approximate surface area is 86.1 Å². The average molecular weight is 230 g/mol. The van der Waals surface area contributed by atoms with E-state index in [4.69, 9.17) is 10.7 Å². The molecule has 0 fully saturated rings. The Morgan fingerprint density at radius 2 is 2.07 bits per heavy atom. The zero-order valence-corrected chi connectivity index (χ0v) is 8.98. The van der Waals surface area contributed by atoms with Gasteiger partial charge in [-0.05, 0) is 30.7 Å². The molecule has 0 spiro atoms. The Morgan fingerprint density at radius 1 is 1.36 bits per heavy atom. The third kappa shape index (κ3) is 1.51. The first-order valence-electron chi connectivity index (χ1n) is 4.01. The van der Waals surface area contributed by atoms with Crippen molar-refractivity contribution in [1.82, 2.24) is 4.98 Å². The predicted molar refractivity (Wildman–Crippen MR) is 56.1 cm³/mol. The standard InChI is InChI=1S/C9H8ClNO2S/c1-6-4-8-7(2-3-11-8)5-9(6)14(10,12)13/h2-5,11H,1H3. The van der Waals surface area contributed by atoms with Crippen LogP contribution in [0.4, 0.5) is 0 Å². The van der Waals surface area contributed by atoms with Crippen LogP contribution in [0.3, 0.4) is 0 Å². The third-order valence-electron chi connectivity index (χ3n) is 2.11. The number of fused-ring (bicyclic) bond motifs is 1. The molecule has 0 unspecified atom stereocenters. The first-order valence-corrected chi connectivity index (χ1v) is 6.32. The van der Waals surface area contributed by atoms with Crippen LogP contribution >= 0.6 is 10.7 Å². The molecule has 2 rings (SSSR count). The van der Waals surface area contributed by atoms with Crippen molar-refractivity contribution < 1.29 is 8.42 Å². The van der Waals surface area contributed by atoms with Crippen LogP contribution in [0, 0.1) is 6.92 Å². The van der Waals surface area contributed by atoms with Gasteiger partial charge in [-0.25, -0.2) is 8.42 Å². The van der Waals surface area contributed by atoms with E-state index in [0.29, 0.717) is 5.56 Å². The van der Waals surface area contributed by atoms with Crippen LogP contribution < -0.4 is 0 Å². The lowest BCUT2D eigenvalue weighted by atomic mass is 10.2. The number of halogens is 1. The number of aromatic amines is 1. The maximum Gasteiger partial charge on any atom is 0.261 e. The van der Waals surface area contributed by atoms with Crippen molar-refractivity contribution in [1.29, 1.82) is 0 Å². The molecule has 1 aromatic heterocycles. The Kier molecular flexibility index (Phi) is 2.05. The molecule has 0 bridgehead atoms. The average Bonchev–Trinajstić information content (AvgIpc) is 2.47. The van der Waals surface area contributed by atoms with Gasteiger partial charge in [-0.15, -0.1) is 0 Å².